The number of hydrogen-bond acceptors (Lipinski definition) is 5. The van der Waals surface area contributed by atoms with Crippen LogP contribution in [0.2, 0.25) is 0 Å². The number of para-hydroxylation sites is 1. The van der Waals surface area contributed by atoms with Crippen LogP contribution in [0.3, 0.4) is 0 Å². The topological polar surface area (TPSA) is 88.9 Å². The second-order valence-corrected chi connectivity index (χ2v) is 5.62. The second kappa shape index (κ2) is 7.21. The van der Waals surface area contributed by atoms with Crippen molar-refractivity contribution in [3.63, 3.8) is 0 Å². The molecular weight excluding hydrogens is 324 g/mol. The third kappa shape index (κ3) is 3.40. The van der Waals surface area contributed by atoms with Crippen LogP contribution in [0.15, 0.2) is 47.1 Å². The number of benzene rings is 1. The summed E-state index contributed by atoms with van der Waals surface area (Å²) in [6.45, 7) is 0.144. The van der Waals surface area contributed by atoms with E-state index >= 15 is 0 Å². The summed E-state index contributed by atoms with van der Waals surface area (Å²) in [5, 5.41) is 2.63. The van der Waals surface area contributed by atoms with Gasteiger partial charge < -0.3 is 14.5 Å². The van der Waals surface area contributed by atoms with Crippen LogP contribution in [0.1, 0.15) is 22.5 Å². The number of nitrogens with zero attached hydrogens (tertiary/aromatic N) is 1. The van der Waals surface area contributed by atoms with Gasteiger partial charge in [0.1, 0.15) is 6.04 Å². The molecule has 0 radical (unpaired) electrons. The molecular formula is C18H18N2O5. The van der Waals surface area contributed by atoms with Crippen molar-refractivity contribution in [3.05, 3.63) is 54.0 Å². The van der Waals surface area contributed by atoms with Crippen molar-refractivity contribution < 1.29 is 23.5 Å². The van der Waals surface area contributed by atoms with E-state index in [2.05, 4.69) is 5.32 Å². The quantitative estimate of drug-likeness (QED) is 0.833. The molecule has 130 valence electrons. The number of esters is 1. The minimum atomic E-state index is -0.671. The fraction of sp³-hybridized carbons (Fsp3) is 0.278. The van der Waals surface area contributed by atoms with Gasteiger partial charge in [-0.25, -0.2) is 4.79 Å². The fourth-order valence-corrected chi connectivity index (χ4v) is 2.92. The number of ether oxygens (including phenoxy) is 1. The van der Waals surface area contributed by atoms with Gasteiger partial charge in [-0.1, -0.05) is 18.2 Å². The van der Waals surface area contributed by atoms with E-state index in [9.17, 15) is 14.4 Å². The number of carbonyl (C=O) groups is 3. The molecule has 7 nitrogen and oxygen atoms in total. The van der Waals surface area contributed by atoms with E-state index in [1.807, 2.05) is 18.2 Å². The van der Waals surface area contributed by atoms with Crippen LogP contribution >= 0.6 is 0 Å². The molecule has 2 aromatic rings. The van der Waals surface area contributed by atoms with E-state index in [4.69, 9.17) is 9.15 Å². The number of rotatable bonds is 5. The smallest absolute Gasteiger partial charge is 0.329 e. The molecule has 3 rings (SSSR count). The minimum absolute atomic E-state index is 0.0638. The summed E-state index contributed by atoms with van der Waals surface area (Å²) < 4.78 is 9.82. The van der Waals surface area contributed by atoms with Crippen LogP contribution < -0.4 is 10.2 Å². The van der Waals surface area contributed by atoms with Crippen molar-refractivity contribution in [1.29, 1.82) is 0 Å². The molecule has 1 unspecified atom stereocenters. The van der Waals surface area contributed by atoms with Crippen LogP contribution in [-0.2, 0) is 20.7 Å². The largest absolute Gasteiger partial charge is 0.467 e. The van der Waals surface area contributed by atoms with Crippen molar-refractivity contribution in [2.75, 3.05) is 18.6 Å². The van der Waals surface area contributed by atoms with Crippen molar-refractivity contribution in [2.45, 2.75) is 18.9 Å². The van der Waals surface area contributed by atoms with Crippen LogP contribution in [0.5, 0.6) is 0 Å². The Labute approximate surface area is 144 Å². The van der Waals surface area contributed by atoms with Gasteiger partial charge >= 0.3 is 5.97 Å². The normalized spacial score (nSPS) is 15.6. The van der Waals surface area contributed by atoms with E-state index in [0.717, 1.165) is 5.56 Å². The summed E-state index contributed by atoms with van der Waals surface area (Å²) in [5.74, 6) is -0.903. The second-order valence-electron chi connectivity index (χ2n) is 5.62. The fourth-order valence-electron chi connectivity index (χ4n) is 2.92. The Morgan fingerprint density at radius 1 is 1.24 bits per heavy atom. The average molecular weight is 342 g/mol. The number of nitrogens with one attached hydrogen (secondary N) is 1. The molecule has 0 saturated carbocycles. The van der Waals surface area contributed by atoms with Gasteiger partial charge in [0.15, 0.2) is 5.76 Å². The van der Waals surface area contributed by atoms with Crippen molar-refractivity contribution in [2.24, 2.45) is 0 Å². The highest BCUT2D eigenvalue weighted by Gasteiger charge is 2.38. The number of methoxy groups -OCH3 is 1. The summed E-state index contributed by atoms with van der Waals surface area (Å²) >= 11 is 0. The van der Waals surface area contributed by atoms with Gasteiger partial charge in [0.05, 0.1) is 13.4 Å². The number of furan rings is 1. The van der Waals surface area contributed by atoms with Gasteiger partial charge in [0.25, 0.3) is 5.91 Å². The Morgan fingerprint density at radius 2 is 2.04 bits per heavy atom. The first-order valence-corrected chi connectivity index (χ1v) is 7.91. The zero-order valence-corrected chi connectivity index (χ0v) is 13.7. The summed E-state index contributed by atoms with van der Waals surface area (Å²) in [6, 6.07) is 9.86. The molecule has 7 heteroatoms. The highest BCUT2D eigenvalue weighted by molar-refractivity contribution is 6.02. The third-order valence-corrected chi connectivity index (χ3v) is 4.09. The van der Waals surface area contributed by atoms with E-state index in [-0.39, 0.29) is 30.5 Å². The Morgan fingerprint density at radius 3 is 2.76 bits per heavy atom. The highest BCUT2D eigenvalue weighted by Crippen LogP contribution is 2.33. The highest BCUT2D eigenvalue weighted by atomic mass is 16.5. The zero-order valence-electron chi connectivity index (χ0n) is 13.7. The number of fused-ring (bicyclic) bond motifs is 1. The molecule has 0 saturated heterocycles. The summed E-state index contributed by atoms with van der Waals surface area (Å²) in [5.41, 5.74) is 1.63. The number of carbonyl (C=O) groups excluding carboxylic acids is 3. The van der Waals surface area contributed by atoms with E-state index in [1.54, 1.807) is 18.2 Å². The SMILES string of the molecule is COC(=O)C1Cc2ccccc2N1C(=O)CCNC(=O)c1ccco1. The molecule has 1 aliphatic rings. The predicted octanol–water partition coefficient (Wildman–Crippen LogP) is 1.53. The molecule has 0 spiro atoms. The maximum Gasteiger partial charge on any atom is 0.329 e. The van der Waals surface area contributed by atoms with Gasteiger partial charge in [-0.15, -0.1) is 0 Å². The lowest BCUT2D eigenvalue weighted by molar-refractivity contribution is -0.143. The van der Waals surface area contributed by atoms with Crippen LogP contribution in [-0.4, -0.2) is 37.5 Å². The number of anilines is 1. The summed E-state index contributed by atoms with van der Waals surface area (Å²) in [6.07, 6.45) is 1.89. The summed E-state index contributed by atoms with van der Waals surface area (Å²) in [7, 11) is 1.30. The van der Waals surface area contributed by atoms with E-state index in [0.29, 0.717) is 12.1 Å². The number of amides is 2. The van der Waals surface area contributed by atoms with Gasteiger partial charge in [0.2, 0.25) is 5.91 Å². The van der Waals surface area contributed by atoms with Crippen molar-refractivity contribution in [3.8, 4) is 0 Å². The lowest BCUT2D eigenvalue weighted by Gasteiger charge is -2.23. The molecule has 1 aromatic heterocycles. The molecule has 2 heterocycles. The molecule has 1 N–H and O–H groups in total. The predicted molar refractivity (Wildman–Crippen MR) is 89.1 cm³/mol. The molecule has 0 aliphatic carbocycles. The molecule has 1 aromatic carbocycles. The Bertz CT molecular complexity index is 785. The van der Waals surface area contributed by atoms with Gasteiger partial charge in [-0.3, -0.25) is 14.5 Å². The lowest BCUT2D eigenvalue weighted by atomic mass is 10.1. The Balaban J connectivity index is 1.66. The van der Waals surface area contributed by atoms with Gasteiger partial charge in [0, 0.05) is 25.1 Å². The molecule has 0 bridgehead atoms. The zero-order chi connectivity index (χ0) is 17.8. The molecule has 0 fully saturated rings. The van der Waals surface area contributed by atoms with Crippen LogP contribution in [0, 0.1) is 0 Å². The van der Waals surface area contributed by atoms with Crippen LogP contribution in [0.25, 0.3) is 0 Å². The molecule has 1 atom stereocenters. The Kier molecular flexibility index (Phi) is 4.83. The first-order chi connectivity index (χ1) is 12.1. The minimum Gasteiger partial charge on any atom is -0.467 e. The first-order valence-electron chi connectivity index (χ1n) is 7.91. The number of hydrogen-bond donors (Lipinski definition) is 1. The monoisotopic (exact) mass is 342 g/mol. The lowest BCUT2D eigenvalue weighted by Crippen LogP contribution is -2.44. The van der Waals surface area contributed by atoms with Gasteiger partial charge in [-0.05, 0) is 23.8 Å². The Hall–Kier alpha value is -3.09. The average Bonchev–Trinajstić information content (AvgIpc) is 3.28. The summed E-state index contributed by atoms with van der Waals surface area (Å²) in [4.78, 5) is 38.0. The molecule has 2 amide bonds. The standard InChI is InChI=1S/C18H18N2O5/c1-24-18(23)14-11-12-5-2-3-6-13(12)20(14)16(21)8-9-19-17(22)15-7-4-10-25-15/h2-7,10,14H,8-9,11H2,1H3,(H,19,22). The van der Waals surface area contributed by atoms with Crippen molar-refractivity contribution in [1.82, 2.24) is 5.32 Å². The molecule has 1 aliphatic heterocycles. The third-order valence-electron chi connectivity index (χ3n) is 4.09. The van der Waals surface area contributed by atoms with Gasteiger partial charge in [-0.2, -0.15) is 0 Å². The first kappa shape index (κ1) is 16.8. The maximum atomic E-state index is 12.7. The van der Waals surface area contributed by atoms with Crippen LogP contribution in [0.4, 0.5) is 5.69 Å². The van der Waals surface area contributed by atoms with E-state index < -0.39 is 12.0 Å². The van der Waals surface area contributed by atoms with Crippen molar-refractivity contribution >= 4 is 23.5 Å². The van der Waals surface area contributed by atoms with E-state index in [1.165, 1.54) is 18.3 Å². The maximum absolute atomic E-state index is 12.7. The molecule has 25 heavy (non-hydrogen) atoms.